The fourth-order valence-electron chi connectivity index (χ4n) is 3.85. The summed E-state index contributed by atoms with van der Waals surface area (Å²) in [5.41, 5.74) is 1.90. The zero-order valence-corrected chi connectivity index (χ0v) is 15.5. The van der Waals surface area contributed by atoms with E-state index in [2.05, 4.69) is 31.5 Å². The van der Waals surface area contributed by atoms with Crippen LogP contribution in [0.4, 0.5) is 0 Å². The fraction of sp³-hybridized carbons (Fsp3) is 0.579. The molecular formula is C19H26N6O2. The van der Waals surface area contributed by atoms with E-state index in [0.29, 0.717) is 12.6 Å². The monoisotopic (exact) mass is 370 g/mol. The number of morpholine rings is 1. The zero-order valence-electron chi connectivity index (χ0n) is 15.5. The molecule has 1 saturated carbocycles. The average molecular weight is 370 g/mol. The van der Waals surface area contributed by atoms with Gasteiger partial charge in [0, 0.05) is 37.1 Å². The van der Waals surface area contributed by atoms with Gasteiger partial charge in [-0.3, -0.25) is 14.4 Å². The maximum Gasteiger partial charge on any atom is 0.234 e. The third-order valence-electron chi connectivity index (χ3n) is 5.39. The van der Waals surface area contributed by atoms with Crippen molar-refractivity contribution in [3.8, 4) is 11.3 Å². The van der Waals surface area contributed by atoms with Crippen LogP contribution in [0.15, 0.2) is 31.0 Å². The average Bonchev–Trinajstić information content (AvgIpc) is 3.20. The SMILES string of the molecule is O=C(CN1CCOCC1)NC1CCC(n2cc(-c3ccncn3)cn2)CC1. The molecule has 0 atom stereocenters. The molecular weight excluding hydrogens is 344 g/mol. The molecule has 27 heavy (non-hydrogen) atoms. The third kappa shape index (κ3) is 4.70. The summed E-state index contributed by atoms with van der Waals surface area (Å²) < 4.78 is 7.37. The number of ether oxygens (including phenoxy) is 1. The second-order valence-electron chi connectivity index (χ2n) is 7.27. The molecule has 0 bridgehead atoms. The van der Waals surface area contributed by atoms with E-state index in [-0.39, 0.29) is 11.9 Å². The van der Waals surface area contributed by atoms with Crippen LogP contribution in [0.1, 0.15) is 31.7 Å². The lowest BCUT2D eigenvalue weighted by Crippen LogP contribution is -2.46. The molecule has 8 nitrogen and oxygen atoms in total. The van der Waals surface area contributed by atoms with Crippen molar-refractivity contribution in [2.75, 3.05) is 32.8 Å². The first-order valence-electron chi connectivity index (χ1n) is 9.68. The summed E-state index contributed by atoms with van der Waals surface area (Å²) in [6, 6.07) is 2.54. The largest absolute Gasteiger partial charge is 0.379 e. The van der Waals surface area contributed by atoms with Gasteiger partial charge in [-0.15, -0.1) is 0 Å². The van der Waals surface area contributed by atoms with Gasteiger partial charge in [-0.1, -0.05) is 0 Å². The number of rotatable bonds is 5. The van der Waals surface area contributed by atoms with Gasteiger partial charge >= 0.3 is 0 Å². The molecule has 1 aliphatic heterocycles. The fourth-order valence-corrected chi connectivity index (χ4v) is 3.85. The van der Waals surface area contributed by atoms with Gasteiger partial charge in [-0.25, -0.2) is 9.97 Å². The molecule has 1 saturated heterocycles. The van der Waals surface area contributed by atoms with Gasteiger partial charge in [0.25, 0.3) is 0 Å². The number of carbonyl (C=O) groups is 1. The number of nitrogens with zero attached hydrogens (tertiary/aromatic N) is 5. The quantitative estimate of drug-likeness (QED) is 0.853. The summed E-state index contributed by atoms with van der Waals surface area (Å²) in [7, 11) is 0. The Hall–Kier alpha value is -2.32. The second kappa shape index (κ2) is 8.58. The molecule has 4 rings (SSSR count). The van der Waals surface area contributed by atoms with Crippen LogP contribution < -0.4 is 5.32 Å². The van der Waals surface area contributed by atoms with E-state index in [0.717, 1.165) is 63.2 Å². The van der Waals surface area contributed by atoms with E-state index in [4.69, 9.17) is 4.74 Å². The van der Waals surface area contributed by atoms with Crippen molar-refractivity contribution in [1.82, 2.24) is 30.0 Å². The highest BCUT2D eigenvalue weighted by Gasteiger charge is 2.25. The highest BCUT2D eigenvalue weighted by molar-refractivity contribution is 5.78. The predicted octanol–water partition coefficient (Wildman–Crippen LogP) is 1.27. The van der Waals surface area contributed by atoms with Crippen LogP contribution >= 0.6 is 0 Å². The highest BCUT2D eigenvalue weighted by atomic mass is 16.5. The van der Waals surface area contributed by atoms with Crippen LogP contribution in [0.5, 0.6) is 0 Å². The summed E-state index contributed by atoms with van der Waals surface area (Å²) in [6.07, 6.45) is 11.2. The van der Waals surface area contributed by atoms with E-state index in [1.54, 1.807) is 12.5 Å². The molecule has 2 aliphatic rings. The number of aromatic nitrogens is 4. The Bertz CT molecular complexity index is 736. The first-order chi connectivity index (χ1) is 13.3. The lowest BCUT2D eigenvalue weighted by Gasteiger charge is -2.31. The Morgan fingerprint density at radius 2 is 2.04 bits per heavy atom. The molecule has 2 aromatic rings. The maximum atomic E-state index is 12.3. The molecule has 0 aromatic carbocycles. The molecule has 1 aliphatic carbocycles. The Morgan fingerprint density at radius 1 is 1.22 bits per heavy atom. The van der Waals surface area contributed by atoms with Gasteiger partial charge in [0.05, 0.1) is 37.7 Å². The van der Waals surface area contributed by atoms with Gasteiger partial charge in [-0.05, 0) is 31.7 Å². The highest BCUT2D eigenvalue weighted by Crippen LogP contribution is 2.29. The van der Waals surface area contributed by atoms with Crippen LogP contribution in [-0.2, 0) is 9.53 Å². The minimum absolute atomic E-state index is 0.130. The topological polar surface area (TPSA) is 85.2 Å². The summed E-state index contributed by atoms with van der Waals surface area (Å²) in [4.78, 5) is 22.7. The Kier molecular flexibility index (Phi) is 5.74. The summed E-state index contributed by atoms with van der Waals surface area (Å²) in [5, 5.41) is 7.73. The minimum Gasteiger partial charge on any atom is -0.379 e. The summed E-state index contributed by atoms with van der Waals surface area (Å²) in [6.45, 7) is 3.60. The van der Waals surface area contributed by atoms with Crippen molar-refractivity contribution in [3.63, 3.8) is 0 Å². The van der Waals surface area contributed by atoms with E-state index >= 15 is 0 Å². The molecule has 1 N–H and O–H groups in total. The molecule has 0 radical (unpaired) electrons. The molecule has 2 aromatic heterocycles. The van der Waals surface area contributed by atoms with Gasteiger partial charge in [-0.2, -0.15) is 5.10 Å². The number of hydrogen-bond acceptors (Lipinski definition) is 6. The molecule has 2 fully saturated rings. The van der Waals surface area contributed by atoms with E-state index in [1.165, 1.54) is 0 Å². The maximum absolute atomic E-state index is 12.3. The lowest BCUT2D eigenvalue weighted by atomic mass is 9.91. The van der Waals surface area contributed by atoms with Crippen LogP contribution in [-0.4, -0.2) is 69.4 Å². The van der Waals surface area contributed by atoms with Crippen molar-refractivity contribution in [2.24, 2.45) is 0 Å². The molecule has 0 unspecified atom stereocenters. The smallest absolute Gasteiger partial charge is 0.234 e. The van der Waals surface area contributed by atoms with E-state index < -0.39 is 0 Å². The number of amides is 1. The van der Waals surface area contributed by atoms with Crippen LogP contribution in [0.3, 0.4) is 0 Å². The first kappa shape index (κ1) is 18.1. The Morgan fingerprint density at radius 3 is 2.78 bits per heavy atom. The third-order valence-corrected chi connectivity index (χ3v) is 5.39. The minimum atomic E-state index is 0.130. The molecule has 3 heterocycles. The lowest BCUT2D eigenvalue weighted by molar-refractivity contribution is -0.124. The van der Waals surface area contributed by atoms with E-state index in [9.17, 15) is 4.79 Å². The molecule has 144 valence electrons. The normalized spacial score (nSPS) is 23.9. The molecule has 1 amide bonds. The predicted molar refractivity (Wildman–Crippen MR) is 99.9 cm³/mol. The first-order valence-corrected chi connectivity index (χ1v) is 9.68. The summed E-state index contributed by atoms with van der Waals surface area (Å²) in [5.74, 6) is 0.130. The van der Waals surface area contributed by atoms with Gasteiger partial charge in [0.2, 0.25) is 5.91 Å². The number of hydrogen-bond donors (Lipinski definition) is 1. The van der Waals surface area contributed by atoms with Crippen molar-refractivity contribution >= 4 is 5.91 Å². The standard InChI is InChI=1S/C19H26N6O2/c26-19(13-24-7-9-27-10-8-24)23-16-1-3-17(4-2-16)25-12-15(11-22-25)18-5-6-20-14-21-18/h5-6,11-12,14,16-17H,1-4,7-10,13H2,(H,23,26). The van der Waals surface area contributed by atoms with Gasteiger partial charge in [0.15, 0.2) is 0 Å². The van der Waals surface area contributed by atoms with Gasteiger partial charge in [0.1, 0.15) is 6.33 Å². The van der Waals surface area contributed by atoms with Crippen molar-refractivity contribution in [3.05, 3.63) is 31.0 Å². The Labute approximate surface area is 158 Å². The van der Waals surface area contributed by atoms with Crippen LogP contribution in [0, 0.1) is 0 Å². The van der Waals surface area contributed by atoms with Gasteiger partial charge < -0.3 is 10.1 Å². The van der Waals surface area contributed by atoms with Crippen molar-refractivity contribution in [1.29, 1.82) is 0 Å². The Balaban J connectivity index is 1.25. The number of carbonyl (C=O) groups excluding carboxylic acids is 1. The second-order valence-corrected chi connectivity index (χ2v) is 7.27. The van der Waals surface area contributed by atoms with Crippen LogP contribution in [0.25, 0.3) is 11.3 Å². The van der Waals surface area contributed by atoms with Crippen molar-refractivity contribution < 1.29 is 9.53 Å². The van der Waals surface area contributed by atoms with Crippen molar-refractivity contribution in [2.45, 2.75) is 37.8 Å². The van der Waals surface area contributed by atoms with E-state index in [1.807, 2.05) is 16.9 Å². The molecule has 0 spiro atoms. The molecule has 8 heteroatoms. The zero-order chi connectivity index (χ0) is 18.5. The summed E-state index contributed by atoms with van der Waals surface area (Å²) >= 11 is 0. The van der Waals surface area contributed by atoms with Crippen LogP contribution in [0.2, 0.25) is 0 Å². The number of nitrogens with one attached hydrogen (secondary N) is 1.